The second-order valence-corrected chi connectivity index (χ2v) is 6.81. The first-order valence-corrected chi connectivity index (χ1v) is 9.06. The minimum Gasteiger partial charge on any atom is -0.459 e. The first kappa shape index (κ1) is 16.5. The van der Waals surface area contributed by atoms with Gasteiger partial charge in [0.05, 0.1) is 0 Å². The largest absolute Gasteiger partial charge is 0.459 e. The molecule has 0 bridgehead atoms. The van der Waals surface area contributed by atoms with Gasteiger partial charge in [-0.1, -0.05) is 6.07 Å². The molecule has 2 aliphatic rings. The van der Waals surface area contributed by atoms with Crippen LogP contribution in [0.1, 0.15) is 30.6 Å². The summed E-state index contributed by atoms with van der Waals surface area (Å²) < 4.78 is 11.7. The van der Waals surface area contributed by atoms with E-state index in [1.807, 2.05) is 24.4 Å². The number of hydrogen-bond acceptors (Lipinski definition) is 5. The number of aliphatic hydroxyl groups excluding tert-OH is 1. The number of allylic oxidation sites excluding steroid dienone is 1. The Bertz CT molecular complexity index is 553. The Morgan fingerprint density at radius 2 is 2.35 bits per heavy atom. The number of rotatable bonds is 7. The van der Waals surface area contributed by atoms with Gasteiger partial charge in [-0.3, -0.25) is 4.79 Å². The van der Waals surface area contributed by atoms with Crippen molar-refractivity contribution < 1.29 is 19.4 Å². The molecule has 3 rings (SSSR count). The second-order valence-electron chi connectivity index (χ2n) is 5.84. The van der Waals surface area contributed by atoms with Crippen LogP contribution in [0.4, 0.5) is 0 Å². The summed E-state index contributed by atoms with van der Waals surface area (Å²) in [6.07, 6.45) is 3.00. The number of hydrogen-bond donors (Lipinski definition) is 1. The molecule has 2 aliphatic heterocycles. The van der Waals surface area contributed by atoms with E-state index in [2.05, 4.69) is 6.07 Å². The Morgan fingerprint density at radius 3 is 2.96 bits per heavy atom. The second kappa shape index (κ2) is 7.47. The van der Waals surface area contributed by atoms with E-state index in [-0.39, 0.29) is 24.3 Å². The fourth-order valence-electron chi connectivity index (χ4n) is 2.98. The van der Waals surface area contributed by atoms with Crippen molar-refractivity contribution >= 4 is 17.2 Å². The third-order valence-electron chi connectivity index (χ3n) is 4.23. The normalized spacial score (nSPS) is 26.6. The maximum absolute atomic E-state index is 12.4. The van der Waals surface area contributed by atoms with Gasteiger partial charge in [0.2, 0.25) is 6.29 Å². The Hall–Kier alpha value is -1.37. The van der Waals surface area contributed by atoms with Gasteiger partial charge in [-0.2, -0.15) is 0 Å². The smallest absolute Gasteiger partial charge is 0.288 e. The molecule has 1 amide bonds. The Morgan fingerprint density at radius 1 is 1.52 bits per heavy atom. The van der Waals surface area contributed by atoms with Gasteiger partial charge in [0, 0.05) is 43.0 Å². The van der Waals surface area contributed by atoms with E-state index in [4.69, 9.17) is 9.47 Å². The summed E-state index contributed by atoms with van der Waals surface area (Å²) in [6, 6.07) is 4.11. The van der Waals surface area contributed by atoms with Crippen LogP contribution >= 0.6 is 11.3 Å². The number of ether oxygens (including phenoxy) is 2. The third kappa shape index (κ3) is 3.76. The molecule has 0 unspecified atom stereocenters. The minimum absolute atomic E-state index is 0.0446. The molecule has 0 aliphatic carbocycles. The molecule has 1 saturated heterocycles. The lowest BCUT2D eigenvalue weighted by Crippen LogP contribution is -2.37. The fraction of sp³-hybridized carbons (Fsp3) is 0.588. The monoisotopic (exact) mass is 337 g/mol. The average Bonchev–Trinajstić information content (AvgIpc) is 3.27. The molecule has 3 heterocycles. The molecule has 126 valence electrons. The number of aliphatic hydroxyl groups is 1. The fourth-order valence-corrected chi connectivity index (χ4v) is 3.85. The van der Waals surface area contributed by atoms with Crippen molar-refractivity contribution in [3.8, 4) is 0 Å². The van der Waals surface area contributed by atoms with Crippen LogP contribution in [0.3, 0.4) is 0 Å². The van der Waals surface area contributed by atoms with E-state index < -0.39 is 6.29 Å². The number of amides is 1. The highest BCUT2D eigenvalue weighted by Crippen LogP contribution is 2.41. The number of carbonyl (C=O) groups excluding carboxylic acids is 1. The van der Waals surface area contributed by atoms with Gasteiger partial charge in [-0.15, -0.1) is 11.3 Å². The van der Waals surface area contributed by atoms with Crippen molar-refractivity contribution in [1.29, 1.82) is 0 Å². The molecule has 0 aromatic carbocycles. The summed E-state index contributed by atoms with van der Waals surface area (Å²) in [5.41, 5.74) is 0. The van der Waals surface area contributed by atoms with Crippen molar-refractivity contribution in [1.82, 2.24) is 4.90 Å². The zero-order valence-corrected chi connectivity index (χ0v) is 14.1. The number of carbonyl (C=O) groups is 1. The van der Waals surface area contributed by atoms with E-state index in [9.17, 15) is 9.90 Å². The molecule has 5 nitrogen and oxygen atoms in total. The Labute approximate surface area is 140 Å². The summed E-state index contributed by atoms with van der Waals surface area (Å²) in [5, 5.41) is 11.2. The molecule has 1 fully saturated rings. The van der Waals surface area contributed by atoms with Crippen LogP contribution in [-0.2, 0) is 14.3 Å². The number of nitrogens with zero attached hydrogens (tertiary/aromatic N) is 1. The van der Waals surface area contributed by atoms with E-state index in [0.717, 1.165) is 19.5 Å². The molecule has 1 aromatic rings. The van der Waals surface area contributed by atoms with Crippen molar-refractivity contribution in [3.05, 3.63) is 34.2 Å². The first-order valence-electron chi connectivity index (χ1n) is 8.18. The van der Waals surface area contributed by atoms with E-state index in [1.54, 1.807) is 16.2 Å². The average molecular weight is 337 g/mol. The lowest BCUT2D eigenvalue weighted by atomic mass is 9.84. The van der Waals surface area contributed by atoms with Crippen LogP contribution in [-0.4, -0.2) is 48.5 Å². The van der Waals surface area contributed by atoms with Crippen LogP contribution in [0.2, 0.25) is 0 Å². The topological polar surface area (TPSA) is 58.8 Å². The van der Waals surface area contributed by atoms with Gasteiger partial charge in [0.1, 0.15) is 0 Å². The third-order valence-corrected chi connectivity index (χ3v) is 5.20. The standard InChI is InChI=1S/C17H23NO4S/c1-2-21-17-12(5-3-9-19)13(15-6-4-10-23-15)11-14(22-17)16(20)18-7-8-18/h4,6,10-13,17,19H,2-3,5,7-9H2,1H3/t12-,13-,17+/m1/s1. The molecule has 1 N–H and O–H groups in total. The van der Waals surface area contributed by atoms with Gasteiger partial charge in [0.15, 0.2) is 5.76 Å². The van der Waals surface area contributed by atoms with E-state index >= 15 is 0 Å². The Kier molecular flexibility index (Phi) is 5.35. The van der Waals surface area contributed by atoms with Crippen molar-refractivity contribution in [3.63, 3.8) is 0 Å². The summed E-state index contributed by atoms with van der Waals surface area (Å²) in [6.45, 7) is 4.21. The highest BCUT2D eigenvalue weighted by atomic mass is 32.1. The SMILES string of the molecule is CCO[C@H]1OC(C(=O)N2CC2)=C[C@@H](c2cccs2)[C@H]1CCCO. The molecule has 3 atom stereocenters. The van der Waals surface area contributed by atoms with Gasteiger partial charge in [-0.25, -0.2) is 0 Å². The molecule has 1 aromatic heterocycles. The van der Waals surface area contributed by atoms with Gasteiger partial charge in [-0.05, 0) is 37.3 Å². The van der Waals surface area contributed by atoms with Gasteiger partial charge < -0.3 is 19.5 Å². The summed E-state index contributed by atoms with van der Waals surface area (Å²) in [7, 11) is 0. The number of thiophene rings is 1. The van der Waals surface area contributed by atoms with Gasteiger partial charge in [0.25, 0.3) is 5.91 Å². The summed E-state index contributed by atoms with van der Waals surface area (Å²) in [5.74, 6) is 0.550. The van der Waals surface area contributed by atoms with E-state index in [1.165, 1.54) is 4.88 Å². The lowest BCUT2D eigenvalue weighted by molar-refractivity contribution is -0.168. The van der Waals surface area contributed by atoms with Crippen LogP contribution in [0.25, 0.3) is 0 Å². The minimum atomic E-state index is -0.442. The van der Waals surface area contributed by atoms with Crippen LogP contribution in [0.15, 0.2) is 29.3 Å². The maximum atomic E-state index is 12.4. The van der Waals surface area contributed by atoms with Gasteiger partial charge >= 0.3 is 0 Å². The maximum Gasteiger partial charge on any atom is 0.288 e. The zero-order chi connectivity index (χ0) is 16.2. The predicted molar refractivity (Wildman–Crippen MR) is 88.0 cm³/mol. The molecular weight excluding hydrogens is 314 g/mol. The molecule has 23 heavy (non-hydrogen) atoms. The molecular formula is C17H23NO4S. The predicted octanol–water partition coefficient (Wildman–Crippen LogP) is 2.34. The van der Waals surface area contributed by atoms with Crippen LogP contribution < -0.4 is 0 Å². The highest BCUT2D eigenvalue weighted by molar-refractivity contribution is 7.10. The zero-order valence-electron chi connectivity index (χ0n) is 13.3. The van der Waals surface area contributed by atoms with Crippen molar-refractivity contribution in [2.45, 2.75) is 32.0 Å². The molecule has 0 spiro atoms. The summed E-state index contributed by atoms with van der Waals surface area (Å²) >= 11 is 1.68. The van der Waals surface area contributed by atoms with E-state index in [0.29, 0.717) is 18.8 Å². The quantitative estimate of drug-likeness (QED) is 0.776. The lowest BCUT2D eigenvalue weighted by Gasteiger charge is -2.36. The Balaban J connectivity index is 1.89. The van der Waals surface area contributed by atoms with Crippen molar-refractivity contribution in [2.75, 3.05) is 26.3 Å². The molecule has 0 radical (unpaired) electrons. The molecule has 0 saturated carbocycles. The summed E-state index contributed by atoms with van der Waals surface area (Å²) in [4.78, 5) is 15.4. The van der Waals surface area contributed by atoms with Crippen molar-refractivity contribution in [2.24, 2.45) is 5.92 Å². The molecule has 6 heteroatoms. The first-order chi connectivity index (χ1) is 11.2. The van der Waals surface area contributed by atoms with Crippen LogP contribution in [0.5, 0.6) is 0 Å². The van der Waals surface area contributed by atoms with Crippen LogP contribution in [0, 0.1) is 5.92 Å². The highest BCUT2D eigenvalue weighted by Gasteiger charge is 2.40.